The molecule has 0 aromatic carbocycles. The lowest BCUT2D eigenvalue weighted by Gasteiger charge is -1.91. The molecule has 0 fully saturated rings. The fourth-order valence-electron chi connectivity index (χ4n) is 0.699. The van der Waals surface area contributed by atoms with Crippen molar-refractivity contribution >= 4 is 5.57 Å². The Balaban J connectivity index is 0.000000791. The van der Waals surface area contributed by atoms with Gasteiger partial charge in [0.2, 0.25) is 0 Å². The molecule has 0 saturated carbocycles. The molecule has 2 heteroatoms. The van der Waals surface area contributed by atoms with Crippen LogP contribution in [0.25, 0.3) is 5.57 Å². The molecule has 0 bridgehead atoms. The van der Waals surface area contributed by atoms with E-state index < -0.39 is 0 Å². The van der Waals surface area contributed by atoms with Gasteiger partial charge < -0.3 is 4.42 Å². The van der Waals surface area contributed by atoms with Gasteiger partial charge >= 0.3 is 0 Å². The first kappa shape index (κ1) is 12.4. The number of rotatable bonds is 3. The SMILES string of the molecule is C=C(C)/C=C\C(=C)c1cnco1.CC. The molecule has 0 N–H and O–H groups in total. The van der Waals surface area contributed by atoms with Crippen molar-refractivity contribution < 1.29 is 4.42 Å². The average molecular weight is 191 g/mol. The number of nitrogens with zero attached hydrogens (tertiary/aromatic N) is 1. The van der Waals surface area contributed by atoms with Gasteiger partial charge in [-0.15, -0.1) is 0 Å². The summed E-state index contributed by atoms with van der Waals surface area (Å²) in [5, 5.41) is 0. The Bertz CT molecular complexity index is 307. The molecule has 0 amide bonds. The van der Waals surface area contributed by atoms with Gasteiger partial charge in [0.05, 0.1) is 6.20 Å². The summed E-state index contributed by atoms with van der Waals surface area (Å²) in [7, 11) is 0. The van der Waals surface area contributed by atoms with Crippen LogP contribution in [0, 0.1) is 0 Å². The summed E-state index contributed by atoms with van der Waals surface area (Å²) >= 11 is 0. The van der Waals surface area contributed by atoms with Gasteiger partial charge in [-0.2, -0.15) is 0 Å². The van der Waals surface area contributed by atoms with E-state index in [1.54, 1.807) is 6.20 Å². The van der Waals surface area contributed by atoms with Crippen LogP contribution >= 0.6 is 0 Å². The zero-order valence-corrected chi connectivity index (χ0v) is 9.08. The lowest BCUT2D eigenvalue weighted by Crippen LogP contribution is -1.72. The smallest absolute Gasteiger partial charge is 0.181 e. The van der Waals surface area contributed by atoms with E-state index in [4.69, 9.17) is 4.42 Å². The van der Waals surface area contributed by atoms with Gasteiger partial charge in [-0.25, -0.2) is 4.98 Å². The monoisotopic (exact) mass is 191 g/mol. The molecule has 14 heavy (non-hydrogen) atoms. The molecule has 0 aliphatic heterocycles. The van der Waals surface area contributed by atoms with Crippen LogP contribution in [0.4, 0.5) is 0 Å². The molecule has 0 spiro atoms. The van der Waals surface area contributed by atoms with Crippen LogP contribution in [-0.4, -0.2) is 4.98 Å². The molecule has 2 nitrogen and oxygen atoms in total. The largest absolute Gasteiger partial charge is 0.444 e. The van der Waals surface area contributed by atoms with Crippen LogP contribution in [0.3, 0.4) is 0 Å². The van der Waals surface area contributed by atoms with Gasteiger partial charge in [0.1, 0.15) is 0 Å². The van der Waals surface area contributed by atoms with Crippen LogP contribution < -0.4 is 0 Å². The van der Waals surface area contributed by atoms with Gasteiger partial charge in [0.15, 0.2) is 12.2 Å². The topological polar surface area (TPSA) is 26.0 Å². The zero-order valence-electron chi connectivity index (χ0n) is 9.08. The molecule has 1 rings (SSSR count). The third kappa shape index (κ3) is 4.45. The normalized spacial score (nSPS) is 9.36. The summed E-state index contributed by atoms with van der Waals surface area (Å²) < 4.78 is 5.04. The summed E-state index contributed by atoms with van der Waals surface area (Å²) in [5.74, 6) is 0.688. The Hall–Kier alpha value is -1.57. The predicted molar refractivity (Wildman–Crippen MR) is 60.8 cm³/mol. The van der Waals surface area contributed by atoms with Crippen LogP contribution in [0.5, 0.6) is 0 Å². The third-order valence-corrected chi connectivity index (χ3v) is 1.32. The Kier molecular flexibility index (Phi) is 6.12. The van der Waals surface area contributed by atoms with E-state index in [9.17, 15) is 0 Å². The van der Waals surface area contributed by atoms with Gasteiger partial charge in [-0.3, -0.25) is 0 Å². The lowest BCUT2D eigenvalue weighted by molar-refractivity contribution is 0.546. The molecular formula is C12H17NO. The molecule has 76 valence electrons. The number of oxazole rings is 1. The van der Waals surface area contributed by atoms with E-state index in [-0.39, 0.29) is 0 Å². The molecule has 1 aromatic rings. The van der Waals surface area contributed by atoms with Crippen molar-refractivity contribution in [1.29, 1.82) is 0 Å². The Morgan fingerprint density at radius 1 is 1.36 bits per heavy atom. The van der Waals surface area contributed by atoms with Crippen molar-refractivity contribution in [2.24, 2.45) is 0 Å². The summed E-state index contributed by atoms with van der Waals surface area (Å²) in [6.07, 6.45) is 6.74. The molecule has 1 heterocycles. The van der Waals surface area contributed by atoms with Crippen molar-refractivity contribution in [1.82, 2.24) is 4.98 Å². The average Bonchev–Trinajstić information content (AvgIpc) is 2.70. The van der Waals surface area contributed by atoms with E-state index in [1.807, 2.05) is 32.9 Å². The Labute approximate surface area is 85.7 Å². The fourth-order valence-corrected chi connectivity index (χ4v) is 0.699. The molecule has 0 atom stereocenters. The second-order valence-corrected chi connectivity index (χ2v) is 2.57. The van der Waals surface area contributed by atoms with Crippen molar-refractivity contribution in [3.05, 3.63) is 49.2 Å². The first-order valence-corrected chi connectivity index (χ1v) is 4.61. The van der Waals surface area contributed by atoms with E-state index in [1.165, 1.54) is 6.39 Å². The molecular weight excluding hydrogens is 174 g/mol. The number of allylic oxidation sites excluding steroid dienone is 4. The Morgan fingerprint density at radius 3 is 2.43 bits per heavy atom. The molecule has 0 saturated heterocycles. The van der Waals surface area contributed by atoms with Crippen molar-refractivity contribution in [2.75, 3.05) is 0 Å². The van der Waals surface area contributed by atoms with Crippen LogP contribution in [0.1, 0.15) is 26.5 Å². The zero-order chi connectivity index (χ0) is 11.0. The summed E-state index contributed by atoms with van der Waals surface area (Å²) in [4.78, 5) is 3.79. The maximum Gasteiger partial charge on any atom is 0.181 e. The van der Waals surface area contributed by atoms with Gasteiger partial charge in [-0.1, -0.05) is 44.7 Å². The fraction of sp³-hybridized carbons (Fsp3) is 0.250. The van der Waals surface area contributed by atoms with Crippen LogP contribution in [0.15, 0.2) is 47.9 Å². The standard InChI is InChI=1S/C10H11NO.C2H6/c1-8(2)4-5-9(3)10-6-11-7-12-10;1-2/h4-7H,1,3H2,2H3;1-2H3/b5-4-;. The predicted octanol–water partition coefficient (Wildman–Crippen LogP) is 3.85. The molecule has 0 aliphatic rings. The van der Waals surface area contributed by atoms with Crippen LogP contribution in [-0.2, 0) is 0 Å². The highest BCUT2D eigenvalue weighted by Crippen LogP contribution is 2.12. The van der Waals surface area contributed by atoms with Gasteiger partial charge in [0, 0.05) is 5.57 Å². The summed E-state index contributed by atoms with van der Waals surface area (Å²) in [5.41, 5.74) is 1.78. The minimum atomic E-state index is 0.688. The number of hydrogen-bond acceptors (Lipinski definition) is 2. The van der Waals surface area contributed by atoms with Crippen LogP contribution in [0.2, 0.25) is 0 Å². The van der Waals surface area contributed by atoms with E-state index in [0.717, 1.165) is 11.1 Å². The maximum absolute atomic E-state index is 5.04. The quantitative estimate of drug-likeness (QED) is 0.678. The number of hydrogen-bond donors (Lipinski definition) is 0. The third-order valence-electron chi connectivity index (χ3n) is 1.32. The minimum absolute atomic E-state index is 0.688. The van der Waals surface area contributed by atoms with E-state index in [2.05, 4.69) is 18.1 Å². The van der Waals surface area contributed by atoms with Crippen molar-refractivity contribution in [3.63, 3.8) is 0 Å². The highest BCUT2D eigenvalue weighted by molar-refractivity contribution is 5.68. The van der Waals surface area contributed by atoms with Crippen molar-refractivity contribution in [3.8, 4) is 0 Å². The Morgan fingerprint density at radius 2 is 2.00 bits per heavy atom. The molecule has 0 radical (unpaired) electrons. The summed E-state index contributed by atoms with van der Waals surface area (Å²) in [6, 6.07) is 0. The highest BCUT2D eigenvalue weighted by Gasteiger charge is 1.96. The van der Waals surface area contributed by atoms with E-state index >= 15 is 0 Å². The minimum Gasteiger partial charge on any atom is -0.444 e. The van der Waals surface area contributed by atoms with E-state index in [0.29, 0.717) is 5.76 Å². The second kappa shape index (κ2) is 6.89. The first-order chi connectivity index (χ1) is 6.70. The summed E-state index contributed by atoms with van der Waals surface area (Å²) in [6.45, 7) is 13.5. The van der Waals surface area contributed by atoms with Crippen molar-refractivity contribution in [2.45, 2.75) is 20.8 Å². The molecule has 0 unspecified atom stereocenters. The highest BCUT2D eigenvalue weighted by atomic mass is 16.3. The first-order valence-electron chi connectivity index (χ1n) is 4.61. The lowest BCUT2D eigenvalue weighted by atomic mass is 10.2. The second-order valence-electron chi connectivity index (χ2n) is 2.57. The van der Waals surface area contributed by atoms with Gasteiger partial charge in [0.25, 0.3) is 0 Å². The van der Waals surface area contributed by atoms with Gasteiger partial charge in [-0.05, 0) is 6.92 Å². The molecule has 0 aliphatic carbocycles. The molecule has 1 aromatic heterocycles. The maximum atomic E-state index is 5.04. The number of aromatic nitrogens is 1.